The van der Waals surface area contributed by atoms with E-state index in [-0.39, 0.29) is 0 Å². The average molecular weight is 259 g/mol. The third kappa shape index (κ3) is 3.80. The molecule has 0 saturated carbocycles. The molecule has 2 aromatic rings. The minimum atomic E-state index is 0.785. The fourth-order valence-electron chi connectivity index (χ4n) is 2.36. The quantitative estimate of drug-likeness (QED) is 0.773. The van der Waals surface area contributed by atoms with Crippen molar-refractivity contribution in [2.45, 2.75) is 40.2 Å². The van der Waals surface area contributed by atoms with Gasteiger partial charge in [0.1, 0.15) is 5.82 Å². The summed E-state index contributed by atoms with van der Waals surface area (Å²) in [5.41, 5.74) is 2.36. The van der Waals surface area contributed by atoms with Crippen LogP contribution in [0.25, 0.3) is 11.0 Å². The molecule has 1 N–H and O–H groups in total. The lowest BCUT2D eigenvalue weighted by molar-refractivity contribution is 0.518. The maximum Gasteiger partial charge on any atom is 0.106 e. The van der Waals surface area contributed by atoms with Crippen molar-refractivity contribution in [3.63, 3.8) is 0 Å². The minimum Gasteiger partial charge on any atom is -0.328 e. The van der Waals surface area contributed by atoms with Gasteiger partial charge in [-0.25, -0.2) is 4.98 Å². The number of aromatic nitrogens is 2. The van der Waals surface area contributed by atoms with Crippen LogP contribution < -0.4 is 5.32 Å². The van der Waals surface area contributed by atoms with E-state index in [0.29, 0.717) is 0 Å². The Labute approximate surface area is 116 Å². The zero-order chi connectivity index (χ0) is 13.7. The summed E-state index contributed by atoms with van der Waals surface area (Å²) in [5, 5.41) is 3.51. The number of aryl methyl sites for hydroxylation is 2. The van der Waals surface area contributed by atoms with Crippen LogP contribution in [0.4, 0.5) is 0 Å². The van der Waals surface area contributed by atoms with Crippen molar-refractivity contribution in [2.75, 3.05) is 13.1 Å². The van der Waals surface area contributed by atoms with Gasteiger partial charge < -0.3 is 9.88 Å². The van der Waals surface area contributed by atoms with Crippen LogP contribution in [0.2, 0.25) is 0 Å². The first kappa shape index (κ1) is 14.1. The van der Waals surface area contributed by atoms with Gasteiger partial charge in [0.25, 0.3) is 0 Å². The second-order valence-corrected chi connectivity index (χ2v) is 5.59. The Balaban J connectivity index is 1.83. The summed E-state index contributed by atoms with van der Waals surface area (Å²) in [6.07, 6.45) is 2.41. The number of nitrogens with zero attached hydrogens (tertiary/aromatic N) is 2. The van der Waals surface area contributed by atoms with Gasteiger partial charge in [0.2, 0.25) is 0 Å². The number of hydrogen-bond acceptors (Lipinski definition) is 2. The van der Waals surface area contributed by atoms with E-state index in [0.717, 1.165) is 43.3 Å². The van der Waals surface area contributed by atoms with Crippen molar-refractivity contribution in [1.29, 1.82) is 0 Å². The van der Waals surface area contributed by atoms with Crippen LogP contribution in [0, 0.1) is 12.8 Å². The fourth-order valence-corrected chi connectivity index (χ4v) is 2.36. The Morgan fingerprint density at radius 3 is 2.79 bits per heavy atom. The van der Waals surface area contributed by atoms with Crippen LogP contribution in [-0.4, -0.2) is 22.6 Å². The Morgan fingerprint density at radius 1 is 1.21 bits per heavy atom. The van der Waals surface area contributed by atoms with Gasteiger partial charge in [-0.15, -0.1) is 0 Å². The van der Waals surface area contributed by atoms with E-state index in [4.69, 9.17) is 0 Å². The summed E-state index contributed by atoms with van der Waals surface area (Å²) in [6.45, 7) is 9.87. The highest BCUT2D eigenvalue weighted by Crippen LogP contribution is 2.15. The van der Waals surface area contributed by atoms with Gasteiger partial charge >= 0.3 is 0 Å². The molecular formula is C16H25N3. The Kier molecular flexibility index (Phi) is 4.97. The Bertz CT molecular complexity index is 514. The lowest BCUT2D eigenvalue weighted by Crippen LogP contribution is -2.19. The summed E-state index contributed by atoms with van der Waals surface area (Å²) in [6, 6.07) is 8.37. The predicted molar refractivity (Wildman–Crippen MR) is 81.4 cm³/mol. The number of para-hydroxylation sites is 2. The highest BCUT2D eigenvalue weighted by molar-refractivity contribution is 5.75. The van der Waals surface area contributed by atoms with E-state index in [1.54, 1.807) is 0 Å². The summed E-state index contributed by atoms with van der Waals surface area (Å²) in [4.78, 5) is 4.59. The van der Waals surface area contributed by atoms with E-state index in [2.05, 4.69) is 53.8 Å². The average Bonchev–Trinajstić information content (AvgIpc) is 2.69. The normalized spacial score (nSPS) is 11.6. The second-order valence-electron chi connectivity index (χ2n) is 5.59. The van der Waals surface area contributed by atoms with E-state index in [1.807, 2.05) is 6.07 Å². The minimum absolute atomic E-state index is 0.785. The number of hydrogen-bond donors (Lipinski definition) is 1. The van der Waals surface area contributed by atoms with Crippen molar-refractivity contribution in [3.8, 4) is 0 Å². The molecule has 0 spiro atoms. The molecule has 3 nitrogen and oxygen atoms in total. The lowest BCUT2D eigenvalue weighted by Gasteiger charge is -2.09. The number of imidazole rings is 1. The van der Waals surface area contributed by atoms with Gasteiger partial charge in [0.15, 0.2) is 0 Å². The van der Waals surface area contributed by atoms with Crippen molar-refractivity contribution in [2.24, 2.45) is 5.92 Å². The largest absolute Gasteiger partial charge is 0.328 e. The van der Waals surface area contributed by atoms with Crippen LogP contribution >= 0.6 is 0 Å². The lowest BCUT2D eigenvalue weighted by atomic mass is 10.1. The van der Waals surface area contributed by atoms with E-state index in [9.17, 15) is 0 Å². The molecule has 1 aromatic carbocycles. The molecule has 0 fully saturated rings. The van der Waals surface area contributed by atoms with E-state index < -0.39 is 0 Å². The molecule has 0 aliphatic carbocycles. The molecule has 0 aliphatic rings. The second kappa shape index (κ2) is 6.71. The van der Waals surface area contributed by atoms with Gasteiger partial charge in [-0.05, 0) is 50.9 Å². The first-order valence-electron chi connectivity index (χ1n) is 7.31. The van der Waals surface area contributed by atoms with Crippen LogP contribution in [0.5, 0.6) is 0 Å². The molecule has 0 unspecified atom stereocenters. The number of fused-ring (bicyclic) bond motifs is 1. The molecule has 3 heteroatoms. The van der Waals surface area contributed by atoms with E-state index >= 15 is 0 Å². The van der Waals surface area contributed by atoms with Crippen molar-refractivity contribution >= 4 is 11.0 Å². The standard InChI is InChI=1S/C16H25N3/c1-13(2)9-11-17-10-6-12-19-14(3)18-15-7-4-5-8-16(15)19/h4-5,7-8,13,17H,6,9-12H2,1-3H3. The molecule has 1 heterocycles. The first-order valence-corrected chi connectivity index (χ1v) is 7.31. The molecule has 0 radical (unpaired) electrons. The molecule has 104 valence electrons. The van der Waals surface area contributed by atoms with Crippen LogP contribution in [0.1, 0.15) is 32.5 Å². The molecule has 0 bridgehead atoms. The zero-order valence-corrected chi connectivity index (χ0v) is 12.3. The van der Waals surface area contributed by atoms with E-state index in [1.165, 1.54) is 11.9 Å². The van der Waals surface area contributed by atoms with Gasteiger partial charge in [0, 0.05) is 6.54 Å². The molecule has 19 heavy (non-hydrogen) atoms. The monoisotopic (exact) mass is 259 g/mol. The summed E-state index contributed by atoms with van der Waals surface area (Å²) in [5.74, 6) is 1.90. The van der Waals surface area contributed by atoms with Crippen molar-refractivity contribution in [3.05, 3.63) is 30.1 Å². The Morgan fingerprint density at radius 2 is 2.00 bits per heavy atom. The van der Waals surface area contributed by atoms with Crippen LogP contribution in [-0.2, 0) is 6.54 Å². The molecule has 2 rings (SSSR count). The maximum absolute atomic E-state index is 4.59. The molecule has 0 amide bonds. The highest BCUT2D eigenvalue weighted by Gasteiger charge is 2.05. The van der Waals surface area contributed by atoms with Crippen molar-refractivity contribution in [1.82, 2.24) is 14.9 Å². The first-order chi connectivity index (χ1) is 9.18. The SMILES string of the molecule is Cc1nc2ccccc2n1CCCNCCC(C)C. The topological polar surface area (TPSA) is 29.9 Å². The molecule has 0 aliphatic heterocycles. The number of rotatable bonds is 7. The zero-order valence-electron chi connectivity index (χ0n) is 12.3. The molecule has 1 aromatic heterocycles. The number of benzene rings is 1. The number of nitrogens with one attached hydrogen (secondary N) is 1. The van der Waals surface area contributed by atoms with Gasteiger partial charge in [-0.1, -0.05) is 26.0 Å². The molecule has 0 saturated heterocycles. The van der Waals surface area contributed by atoms with Gasteiger partial charge in [-0.3, -0.25) is 0 Å². The van der Waals surface area contributed by atoms with Crippen LogP contribution in [0.3, 0.4) is 0 Å². The maximum atomic E-state index is 4.59. The third-order valence-electron chi connectivity index (χ3n) is 3.48. The smallest absolute Gasteiger partial charge is 0.106 e. The van der Waals surface area contributed by atoms with Gasteiger partial charge in [0.05, 0.1) is 11.0 Å². The molecular weight excluding hydrogens is 234 g/mol. The molecule has 0 atom stereocenters. The third-order valence-corrected chi connectivity index (χ3v) is 3.48. The Hall–Kier alpha value is -1.35. The predicted octanol–water partition coefficient (Wildman–Crippen LogP) is 3.37. The van der Waals surface area contributed by atoms with Crippen LogP contribution in [0.15, 0.2) is 24.3 Å². The fraction of sp³-hybridized carbons (Fsp3) is 0.562. The highest BCUT2D eigenvalue weighted by atomic mass is 15.1. The summed E-state index contributed by atoms with van der Waals surface area (Å²) < 4.78 is 2.32. The van der Waals surface area contributed by atoms with Gasteiger partial charge in [-0.2, -0.15) is 0 Å². The summed E-state index contributed by atoms with van der Waals surface area (Å²) in [7, 11) is 0. The van der Waals surface area contributed by atoms with Crippen molar-refractivity contribution < 1.29 is 0 Å². The summed E-state index contributed by atoms with van der Waals surface area (Å²) >= 11 is 0.